The van der Waals surface area contributed by atoms with Gasteiger partial charge in [0.25, 0.3) is 0 Å². The number of rotatable bonds is 10. The van der Waals surface area contributed by atoms with E-state index in [2.05, 4.69) is 0 Å². The average Bonchev–Trinajstić information content (AvgIpc) is 2.88. The number of alkyl halides is 1. The molecular formula is C27H29FO5. The summed E-state index contributed by atoms with van der Waals surface area (Å²) >= 11 is 0. The quantitative estimate of drug-likeness (QED) is 0.493. The first-order valence-electron chi connectivity index (χ1n) is 11.1. The Labute approximate surface area is 193 Å². The maximum atomic E-state index is 15.7. The summed E-state index contributed by atoms with van der Waals surface area (Å²) < 4.78 is 39.3. The summed E-state index contributed by atoms with van der Waals surface area (Å²) in [4.78, 5) is 0. The summed E-state index contributed by atoms with van der Waals surface area (Å²) in [7, 11) is 0. The van der Waals surface area contributed by atoms with Crippen molar-refractivity contribution < 1.29 is 28.4 Å². The molecule has 1 aliphatic heterocycles. The topological polar surface area (TPSA) is 57.2 Å². The van der Waals surface area contributed by atoms with E-state index in [-0.39, 0.29) is 26.4 Å². The normalized spacial score (nSPS) is 25.1. The fourth-order valence-corrected chi connectivity index (χ4v) is 3.83. The molecule has 0 saturated carbocycles. The van der Waals surface area contributed by atoms with E-state index >= 15 is 4.39 Å². The Morgan fingerprint density at radius 2 is 1.06 bits per heavy atom. The number of aliphatic hydroxyl groups is 1. The van der Waals surface area contributed by atoms with E-state index in [1.54, 1.807) is 0 Å². The average molecular weight is 453 g/mol. The highest BCUT2D eigenvalue weighted by Gasteiger charge is 2.48. The maximum Gasteiger partial charge on any atom is 0.192 e. The van der Waals surface area contributed by atoms with Gasteiger partial charge in [-0.3, -0.25) is 0 Å². The van der Waals surface area contributed by atoms with Crippen molar-refractivity contribution in [3.63, 3.8) is 0 Å². The molecule has 6 heteroatoms. The van der Waals surface area contributed by atoms with E-state index in [9.17, 15) is 5.11 Å². The van der Waals surface area contributed by atoms with Gasteiger partial charge in [0.1, 0.15) is 18.3 Å². The van der Waals surface area contributed by atoms with Gasteiger partial charge in [-0.1, -0.05) is 91.0 Å². The third-order valence-electron chi connectivity index (χ3n) is 5.58. The second-order valence-corrected chi connectivity index (χ2v) is 7.99. The van der Waals surface area contributed by atoms with Crippen LogP contribution in [0.3, 0.4) is 0 Å². The first kappa shape index (κ1) is 23.5. The van der Waals surface area contributed by atoms with Crippen molar-refractivity contribution >= 4 is 0 Å². The van der Waals surface area contributed by atoms with Gasteiger partial charge in [0.2, 0.25) is 0 Å². The highest BCUT2D eigenvalue weighted by atomic mass is 19.1. The van der Waals surface area contributed by atoms with Crippen LogP contribution >= 0.6 is 0 Å². The van der Waals surface area contributed by atoms with Gasteiger partial charge in [-0.2, -0.15) is 0 Å². The molecule has 0 bridgehead atoms. The Kier molecular flexibility index (Phi) is 8.58. The predicted octanol–water partition coefficient (Wildman–Crippen LogP) is 4.43. The Morgan fingerprint density at radius 3 is 1.52 bits per heavy atom. The van der Waals surface area contributed by atoms with E-state index in [1.165, 1.54) is 0 Å². The molecule has 1 saturated heterocycles. The van der Waals surface area contributed by atoms with E-state index < -0.39 is 30.8 Å². The Hall–Kier alpha value is -2.61. The Balaban J connectivity index is 1.48. The van der Waals surface area contributed by atoms with Crippen molar-refractivity contribution in [3.05, 3.63) is 108 Å². The summed E-state index contributed by atoms with van der Waals surface area (Å²) in [6.07, 6.45) is -5.34. The fourth-order valence-electron chi connectivity index (χ4n) is 3.83. The van der Waals surface area contributed by atoms with Crippen LogP contribution in [0, 0.1) is 0 Å². The molecule has 3 aromatic rings. The lowest BCUT2D eigenvalue weighted by Crippen LogP contribution is -2.59. The molecule has 5 nitrogen and oxygen atoms in total. The van der Waals surface area contributed by atoms with Gasteiger partial charge in [0.05, 0.1) is 26.4 Å². The number of ether oxygens (including phenoxy) is 4. The molecule has 1 fully saturated rings. The molecular weight excluding hydrogens is 423 g/mol. The lowest BCUT2D eigenvalue weighted by atomic mass is 9.99. The van der Waals surface area contributed by atoms with Crippen LogP contribution in [0.5, 0.6) is 0 Å². The van der Waals surface area contributed by atoms with Crippen LogP contribution in [0.2, 0.25) is 0 Å². The van der Waals surface area contributed by atoms with Crippen LogP contribution in [0.15, 0.2) is 91.0 Å². The second-order valence-electron chi connectivity index (χ2n) is 7.99. The second kappa shape index (κ2) is 12.0. The highest BCUT2D eigenvalue weighted by Crippen LogP contribution is 2.30. The van der Waals surface area contributed by atoms with Crippen LogP contribution in [0.1, 0.15) is 16.7 Å². The molecule has 0 radical (unpaired) electrons. The number of aliphatic hydroxyl groups excluding tert-OH is 1. The molecule has 5 atom stereocenters. The van der Waals surface area contributed by atoms with Gasteiger partial charge < -0.3 is 24.1 Å². The monoisotopic (exact) mass is 452 g/mol. The minimum absolute atomic E-state index is 0.186. The number of hydrogen-bond acceptors (Lipinski definition) is 5. The zero-order valence-electron chi connectivity index (χ0n) is 18.3. The molecule has 174 valence electrons. The van der Waals surface area contributed by atoms with Crippen LogP contribution in [0.25, 0.3) is 0 Å². The van der Waals surface area contributed by atoms with Gasteiger partial charge in [0.15, 0.2) is 12.5 Å². The van der Waals surface area contributed by atoms with Crippen LogP contribution < -0.4 is 0 Å². The van der Waals surface area contributed by atoms with Crippen LogP contribution in [-0.4, -0.2) is 42.5 Å². The van der Waals surface area contributed by atoms with Gasteiger partial charge in [-0.25, -0.2) is 4.39 Å². The predicted molar refractivity (Wildman–Crippen MR) is 122 cm³/mol. The molecule has 33 heavy (non-hydrogen) atoms. The van der Waals surface area contributed by atoms with Crippen LogP contribution in [0.4, 0.5) is 4.39 Å². The van der Waals surface area contributed by atoms with Gasteiger partial charge in [-0.15, -0.1) is 0 Å². The summed E-state index contributed by atoms with van der Waals surface area (Å²) in [6.45, 7) is 0.299. The van der Waals surface area contributed by atoms with Gasteiger partial charge in [0, 0.05) is 0 Å². The summed E-state index contributed by atoms with van der Waals surface area (Å²) in [5, 5.41) is 10.0. The Bertz CT molecular complexity index is 941. The summed E-state index contributed by atoms with van der Waals surface area (Å²) in [5.41, 5.74) is 2.76. The van der Waals surface area contributed by atoms with E-state index in [4.69, 9.17) is 18.9 Å². The maximum absolute atomic E-state index is 15.7. The Morgan fingerprint density at radius 1 is 0.636 bits per heavy atom. The highest BCUT2D eigenvalue weighted by molar-refractivity contribution is 5.15. The van der Waals surface area contributed by atoms with Crippen molar-refractivity contribution in [2.45, 2.75) is 50.6 Å². The summed E-state index contributed by atoms with van der Waals surface area (Å²) in [6, 6.07) is 28.6. The SMILES string of the molecule is OC[C@H]1OC(OCc2ccccc2)[C@H](F)[C@@H](OCc2ccccc2)[C@@H]1OCc1ccccc1. The molecule has 1 heterocycles. The molecule has 0 spiro atoms. The van der Waals surface area contributed by atoms with Crippen molar-refractivity contribution in [2.24, 2.45) is 0 Å². The van der Waals surface area contributed by atoms with Crippen molar-refractivity contribution in [3.8, 4) is 0 Å². The summed E-state index contributed by atoms with van der Waals surface area (Å²) in [5.74, 6) is 0. The van der Waals surface area contributed by atoms with E-state index in [0.717, 1.165) is 16.7 Å². The smallest absolute Gasteiger partial charge is 0.192 e. The van der Waals surface area contributed by atoms with Crippen LogP contribution in [-0.2, 0) is 38.8 Å². The molecule has 4 rings (SSSR count). The van der Waals surface area contributed by atoms with Crippen molar-refractivity contribution in [2.75, 3.05) is 6.61 Å². The van der Waals surface area contributed by atoms with Gasteiger partial charge in [-0.05, 0) is 16.7 Å². The van der Waals surface area contributed by atoms with Gasteiger partial charge >= 0.3 is 0 Å². The third kappa shape index (κ3) is 6.47. The number of benzene rings is 3. The lowest BCUT2D eigenvalue weighted by Gasteiger charge is -2.42. The molecule has 1 aliphatic rings. The lowest BCUT2D eigenvalue weighted by molar-refractivity contribution is -0.306. The number of hydrogen-bond donors (Lipinski definition) is 1. The molecule has 0 amide bonds. The van der Waals surface area contributed by atoms with E-state index in [1.807, 2.05) is 91.0 Å². The molecule has 0 aliphatic carbocycles. The zero-order chi connectivity index (χ0) is 22.9. The van der Waals surface area contributed by atoms with E-state index in [0.29, 0.717) is 0 Å². The minimum atomic E-state index is -1.60. The largest absolute Gasteiger partial charge is 0.394 e. The molecule has 3 aromatic carbocycles. The number of halogens is 1. The standard InChI is InChI=1S/C27H29FO5/c28-24-26(31-18-21-12-6-2-7-13-21)25(30-17-20-10-4-1-5-11-20)23(16-29)33-27(24)32-19-22-14-8-3-9-15-22/h1-15,23-27,29H,16-19H2/t23-,24-,25-,26-,27?/m1/s1. The molecule has 0 aromatic heterocycles. The van der Waals surface area contributed by atoms with Crippen molar-refractivity contribution in [1.29, 1.82) is 0 Å². The first-order chi connectivity index (χ1) is 16.2. The fraction of sp³-hybridized carbons (Fsp3) is 0.333. The minimum Gasteiger partial charge on any atom is -0.394 e. The third-order valence-corrected chi connectivity index (χ3v) is 5.58. The molecule has 1 unspecified atom stereocenters. The molecule has 1 N–H and O–H groups in total. The van der Waals surface area contributed by atoms with Crippen molar-refractivity contribution in [1.82, 2.24) is 0 Å². The first-order valence-corrected chi connectivity index (χ1v) is 11.1. The zero-order valence-corrected chi connectivity index (χ0v) is 18.3.